The lowest BCUT2D eigenvalue weighted by Crippen LogP contribution is -2.29. The largest absolute Gasteiger partial charge is 0.397 e. The van der Waals surface area contributed by atoms with E-state index in [-0.39, 0.29) is 11.6 Å². The van der Waals surface area contributed by atoms with Gasteiger partial charge in [-0.2, -0.15) is 0 Å². The SMILES string of the molecule is C=C(Nc1ccc(F)c(F)c1)N(CCCN(C)C)Cc1ccc(C(=O)Nc2ccccc2N)nc1. The molecule has 3 rings (SSSR count). The number of hydrogen-bond donors (Lipinski definition) is 3. The lowest BCUT2D eigenvalue weighted by molar-refractivity contribution is 0.102. The molecule has 9 heteroatoms. The summed E-state index contributed by atoms with van der Waals surface area (Å²) in [6.07, 6.45) is 2.49. The van der Waals surface area contributed by atoms with E-state index < -0.39 is 11.6 Å². The van der Waals surface area contributed by atoms with E-state index in [1.54, 1.807) is 36.5 Å². The van der Waals surface area contributed by atoms with Crippen LogP contribution in [0, 0.1) is 11.6 Å². The van der Waals surface area contributed by atoms with Crippen LogP contribution in [-0.2, 0) is 6.54 Å². The van der Waals surface area contributed by atoms with Crippen LogP contribution in [-0.4, -0.2) is 47.9 Å². The topological polar surface area (TPSA) is 86.5 Å². The van der Waals surface area contributed by atoms with Gasteiger partial charge in [-0.05, 0) is 63.0 Å². The highest BCUT2D eigenvalue weighted by Gasteiger charge is 2.13. The van der Waals surface area contributed by atoms with Crippen molar-refractivity contribution in [2.45, 2.75) is 13.0 Å². The maximum atomic E-state index is 13.6. The van der Waals surface area contributed by atoms with E-state index >= 15 is 0 Å². The van der Waals surface area contributed by atoms with Crippen LogP contribution < -0.4 is 16.4 Å². The van der Waals surface area contributed by atoms with Crippen molar-refractivity contribution < 1.29 is 13.6 Å². The molecule has 4 N–H and O–H groups in total. The van der Waals surface area contributed by atoms with Crippen LogP contribution in [0.25, 0.3) is 0 Å². The van der Waals surface area contributed by atoms with Crippen molar-refractivity contribution in [1.29, 1.82) is 0 Å². The molecule has 1 heterocycles. The highest BCUT2D eigenvalue weighted by Crippen LogP contribution is 2.19. The number of benzene rings is 2. The number of rotatable bonds is 11. The Morgan fingerprint density at radius 2 is 1.80 bits per heavy atom. The molecule has 35 heavy (non-hydrogen) atoms. The fraction of sp³-hybridized carbons (Fsp3) is 0.231. The number of amides is 1. The van der Waals surface area contributed by atoms with Gasteiger partial charge >= 0.3 is 0 Å². The molecule has 7 nitrogen and oxygen atoms in total. The summed E-state index contributed by atoms with van der Waals surface area (Å²) in [7, 11) is 3.99. The molecule has 184 valence electrons. The van der Waals surface area contributed by atoms with Gasteiger partial charge in [0.15, 0.2) is 11.6 Å². The lowest BCUT2D eigenvalue weighted by Gasteiger charge is -2.28. The average molecular weight is 481 g/mol. The predicted octanol–water partition coefficient (Wildman–Crippen LogP) is 4.53. The monoisotopic (exact) mass is 480 g/mol. The molecular weight excluding hydrogens is 450 g/mol. The third-order valence-corrected chi connectivity index (χ3v) is 5.26. The van der Waals surface area contributed by atoms with Crippen molar-refractivity contribution in [1.82, 2.24) is 14.8 Å². The molecule has 0 aliphatic rings. The van der Waals surface area contributed by atoms with E-state index in [2.05, 4.69) is 27.1 Å². The van der Waals surface area contributed by atoms with Gasteiger partial charge in [-0.25, -0.2) is 8.78 Å². The molecule has 0 saturated heterocycles. The number of hydrogen-bond acceptors (Lipinski definition) is 6. The highest BCUT2D eigenvalue weighted by molar-refractivity contribution is 6.04. The van der Waals surface area contributed by atoms with Gasteiger partial charge in [-0.3, -0.25) is 9.78 Å². The summed E-state index contributed by atoms with van der Waals surface area (Å²) in [6, 6.07) is 14.1. The zero-order chi connectivity index (χ0) is 25.4. The van der Waals surface area contributed by atoms with Crippen molar-refractivity contribution >= 4 is 23.0 Å². The fourth-order valence-corrected chi connectivity index (χ4v) is 3.38. The zero-order valence-corrected chi connectivity index (χ0v) is 19.9. The van der Waals surface area contributed by atoms with Gasteiger partial charge in [0.1, 0.15) is 5.69 Å². The van der Waals surface area contributed by atoms with Crippen molar-refractivity contribution in [3.05, 3.63) is 96.1 Å². The second-order valence-corrected chi connectivity index (χ2v) is 8.37. The molecule has 0 atom stereocenters. The number of carbonyl (C=O) groups is 1. The molecule has 0 unspecified atom stereocenters. The number of pyridine rings is 1. The molecule has 1 aromatic heterocycles. The molecule has 0 radical (unpaired) electrons. The fourth-order valence-electron chi connectivity index (χ4n) is 3.38. The first-order chi connectivity index (χ1) is 16.7. The van der Waals surface area contributed by atoms with Crippen molar-refractivity contribution in [2.75, 3.05) is 43.6 Å². The quantitative estimate of drug-likeness (QED) is 0.350. The number of halogens is 2. The predicted molar refractivity (Wildman–Crippen MR) is 136 cm³/mol. The Bertz CT molecular complexity index is 1170. The second-order valence-electron chi connectivity index (χ2n) is 8.37. The third kappa shape index (κ3) is 7.51. The smallest absolute Gasteiger partial charge is 0.274 e. The zero-order valence-electron chi connectivity index (χ0n) is 19.9. The minimum atomic E-state index is -0.933. The molecule has 0 bridgehead atoms. The molecular formula is C26H30F2N6O. The first-order valence-electron chi connectivity index (χ1n) is 11.1. The molecule has 0 aliphatic heterocycles. The number of carbonyl (C=O) groups excluding carboxylic acids is 1. The van der Waals surface area contributed by atoms with Gasteiger partial charge in [0.25, 0.3) is 5.91 Å². The van der Waals surface area contributed by atoms with Crippen molar-refractivity contribution in [2.24, 2.45) is 0 Å². The highest BCUT2D eigenvalue weighted by atomic mass is 19.2. The molecule has 2 aromatic carbocycles. The van der Waals surface area contributed by atoms with Crippen LogP contribution in [0.4, 0.5) is 25.8 Å². The summed E-state index contributed by atoms with van der Waals surface area (Å²) in [4.78, 5) is 20.9. The standard InChI is InChI=1S/C26H30F2N6O/c1-18(31-20-10-11-21(27)22(28)15-20)34(14-6-13-33(2)3)17-19-9-12-25(30-16-19)26(35)32-24-8-5-4-7-23(24)29/h4-5,7-12,15-16,31H,1,6,13-14,17,29H2,2-3H3,(H,32,35). The van der Waals surface area contributed by atoms with Gasteiger partial charge in [-0.1, -0.05) is 24.8 Å². The van der Waals surface area contributed by atoms with Crippen molar-refractivity contribution in [3.63, 3.8) is 0 Å². The van der Waals surface area contributed by atoms with E-state index in [0.717, 1.165) is 30.7 Å². The maximum absolute atomic E-state index is 13.6. The minimum absolute atomic E-state index is 0.259. The normalized spacial score (nSPS) is 10.8. The lowest BCUT2D eigenvalue weighted by atomic mass is 10.2. The Balaban J connectivity index is 1.68. The van der Waals surface area contributed by atoms with Gasteiger partial charge in [-0.15, -0.1) is 0 Å². The van der Waals surface area contributed by atoms with Crippen LogP contribution >= 0.6 is 0 Å². The van der Waals surface area contributed by atoms with Crippen LogP contribution in [0.5, 0.6) is 0 Å². The van der Waals surface area contributed by atoms with Crippen LogP contribution in [0.15, 0.2) is 73.2 Å². The van der Waals surface area contributed by atoms with E-state index in [1.807, 2.05) is 25.1 Å². The van der Waals surface area contributed by atoms with Gasteiger partial charge in [0, 0.05) is 31.0 Å². The summed E-state index contributed by atoms with van der Waals surface area (Å²) >= 11 is 0. The third-order valence-electron chi connectivity index (χ3n) is 5.26. The number of nitrogen functional groups attached to an aromatic ring is 1. The molecule has 1 amide bonds. The van der Waals surface area contributed by atoms with Crippen LogP contribution in [0.3, 0.4) is 0 Å². The molecule has 0 fully saturated rings. The number of nitrogens with one attached hydrogen (secondary N) is 2. The summed E-state index contributed by atoms with van der Waals surface area (Å²) in [6.45, 7) is 6.09. The molecule has 0 saturated carbocycles. The van der Waals surface area contributed by atoms with E-state index in [4.69, 9.17) is 5.73 Å². The molecule has 0 aliphatic carbocycles. The summed E-state index contributed by atoms with van der Waals surface area (Å²) in [5.41, 5.74) is 8.40. The van der Waals surface area contributed by atoms with E-state index in [1.165, 1.54) is 6.07 Å². The Hall–Kier alpha value is -3.98. The van der Waals surface area contributed by atoms with Crippen LogP contribution in [0.2, 0.25) is 0 Å². The Labute approximate surface area is 204 Å². The van der Waals surface area contributed by atoms with Crippen molar-refractivity contribution in [3.8, 4) is 0 Å². The number of aromatic nitrogens is 1. The van der Waals surface area contributed by atoms with Gasteiger partial charge in [0.2, 0.25) is 0 Å². The minimum Gasteiger partial charge on any atom is -0.397 e. The summed E-state index contributed by atoms with van der Waals surface area (Å²) in [5.74, 6) is -1.66. The number of nitrogens with zero attached hydrogens (tertiary/aromatic N) is 3. The Morgan fingerprint density at radius 1 is 1.03 bits per heavy atom. The Kier molecular flexibility index (Phi) is 8.74. The number of nitrogens with two attached hydrogens (primary N) is 1. The number of anilines is 3. The van der Waals surface area contributed by atoms with Crippen LogP contribution in [0.1, 0.15) is 22.5 Å². The number of para-hydroxylation sites is 2. The first-order valence-corrected chi connectivity index (χ1v) is 11.1. The summed E-state index contributed by atoms with van der Waals surface area (Å²) in [5, 5.41) is 5.80. The summed E-state index contributed by atoms with van der Waals surface area (Å²) < 4.78 is 26.9. The molecule has 0 spiro atoms. The van der Waals surface area contributed by atoms with Gasteiger partial charge < -0.3 is 26.2 Å². The van der Waals surface area contributed by atoms with E-state index in [0.29, 0.717) is 36.0 Å². The van der Waals surface area contributed by atoms with Gasteiger partial charge in [0.05, 0.1) is 17.2 Å². The second kappa shape index (κ2) is 11.9. The average Bonchev–Trinajstić information content (AvgIpc) is 2.82. The Morgan fingerprint density at radius 3 is 2.46 bits per heavy atom. The maximum Gasteiger partial charge on any atom is 0.274 e. The molecule has 3 aromatic rings. The first kappa shape index (κ1) is 25.6. The van der Waals surface area contributed by atoms with E-state index in [9.17, 15) is 13.6 Å².